The second kappa shape index (κ2) is 6.22. The summed E-state index contributed by atoms with van der Waals surface area (Å²) in [5.74, 6) is -2.83. The lowest BCUT2D eigenvalue weighted by molar-refractivity contribution is -0.170. The number of amides is 2. The number of nitrogens with one attached hydrogen (secondary N) is 1. The molecule has 2 N–H and O–H groups in total. The van der Waals surface area contributed by atoms with Gasteiger partial charge in [0.25, 0.3) is 11.8 Å². The third kappa shape index (κ3) is 2.55. The van der Waals surface area contributed by atoms with Crippen LogP contribution < -0.4 is 5.32 Å². The first-order valence-corrected chi connectivity index (χ1v) is 9.81. The molecule has 26 heavy (non-hydrogen) atoms. The van der Waals surface area contributed by atoms with Crippen LogP contribution in [0.5, 0.6) is 0 Å². The van der Waals surface area contributed by atoms with Crippen molar-refractivity contribution in [3.8, 4) is 0 Å². The van der Waals surface area contributed by atoms with E-state index in [4.69, 9.17) is 0 Å². The number of carbonyl (C=O) groups is 4. The smallest absolute Gasteiger partial charge is 0.327 e. The SMILES string of the molecule is CC(=O)C1(NC(=O)c2ccccc2I)C(=O)N2[C@@H](C(=O)O)C(C)(C)S[C@@H]21. The molecule has 1 aromatic carbocycles. The molecule has 3 atom stereocenters. The van der Waals surface area contributed by atoms with E-state index in [0.717, 1.165) is 0 Å². The molecule has 2 aliphatic heterocycles. The minimum absolute atomic E-state index is 0.358. The van der Waals surface area contributed by atoms with Crippen LogP contribution in [0.2, 0.25) is 0 Å². The maximum atomic E-state index is 12.9. The molecular weight excluding hydrogens is 471 g/mol. The van der Waals surface area contributed by atoms with Crippen molar-refractivity contribution < 1.29 is 24.3 Å². The minimum atomic E-state index is -1.73. The van der Waals surface area contributed by atoms with Gasteiger partial charge >= 0.3 is 5.97 Å². The van der Waals surface area contributed by atoms with Gasteiger partial charge in [-0.3, -0.25) is 14.4 Å². The molecular formula is C17H17IN2O5S. The van der Waals surface area contributed by atoms with Crippen molar-refractivity contribution in [1.82, 2.24) is 10.2 Å². The van der Waals surface area contributed by atoms with E-state index in [0.29, 0.717) is 9.13 Å². The van der Waals surface area contributed by atoms with Crippen molar-refractivity contribution in [2.24, 2.45) is 0 Å². The van der Waals surface area contributed by atoms with Gasteiger partial charge in [-0.15, -0.1) is 11.8 Å². The number of Topliss-reactive ketones (excluding diaryl/α,β-unsaturated/α-hetero) is 1. The predicted octanol–water partition coefficient (Wildman–Crippen LogP) is 1.50. The summed E-state index contributed by atoms with van der Waals surface area (Å²) in [5, 5.41) is 11.4. The molecule has 1 aromatic rings. The Morgan fingerprint density at radius 1 is 1.27 bits per heavy atom. The third-order valence-corrected chi connectivity index (χ3v) is 7.34. The van der Waals surface area contributed by atoms with Gasteiger partial charge < -0.3 is 15.3 Å². The monoisotopic (exact) mass is 488 g/mol. The molecule has 1 unspecified atom stereocenters. The first-order chi connectivity index (χ1) is 12.0. The van der Waals surface area contributed by atoms with Crippen molar-refractivity contribution in [2.75, 3.05) is 0 Å². The molecule has 0 radical (unpaired) electrons. The summed E-state index contributed by atoms with van der Waals surface area (Å²) in [6.07, 6.45) is 0. The first-order valence-electron chi connectivity index (χ1n) is 7.85. The van der Waals surface area contributed by atoms with Crippen LogP contribution in [0.3, 0.4) is 0 Å². The number of aliphatic carboxylic acids is 1. The molecule has 7 nitrogen and oxygen atoms in total. The first kappa shape index (κ1) is 19.2. The zero-order valence-corrected chi connectivity index (χ0v) is 17.3. The van der Waals surface area contributed by atoms with E-state index in [1.165, 1.54) is 23.6 Å². The van der Waals surface area contributed by atoms with Gasteiger partial charge in [0.15, 0.2) is 5.78 Å². The molecule has 2 heterocycles. The number of fused-ring (bicyclic) bond motifs is 1. The van der Waals surface area contributed by atoms with E-state index in [1.807, 2.05) is 22.6 Å². The van der Waals surface area contributed by atoms with Crippen LogP contribution in [0.4, 0.5) is 0 Å². The van der Waals surface area contributed by atoms with Gasteiger partial charge in [0.2, 0.25) is 5.54 Å². The predicted molar refractivity (Wildman–Crippen MR) is 104 cm³/mol. The number of carbonyl (C=O) groups excluding carboxylic acids is 3. The highest BCUT2D eigenvalue weighted by Crippen LogP contribution is 2.55. The molecule has 2 aliphatic rings. The maximum Gasteiger partial charge on any atom is 0.327 e. The normalized spacial score (nSPS) is 28.9. The van der Waals surface area contributed by atoms with Crippen LogP contribution in [0.25, 0.3) is 0 Å². The maximum absolute atomic E-state index is 12.9. The highest BCUT2D eigenvalue weighted by atomic mass is 127. The third-order valence-electron chi connectivity index (χ3n) is 4.77. The van der Waals surface area contributed by atoms with E-state index in [2.05, 4.69) is 5.32 Å². The van der Waals surface area contributed by atoms with Gasteiger partial charge in [0.1, 0.15) is 11.4 Å². The fourth-order valence-electron chi connectivity index (χ4n) is 3.48. The number of β-lactam (4-membered cyclic amide) rings is 1. The number of benzene rings is 1. The van der Waals surface area contributed by atoms with Crippen molar-refractivity contribution in [3.63, 3.8) is 0 Å². The van der Waals surface area contributed by atoms with Crippen LogP contribution in [-0.2, 0) is 14.4 Å². The lowest BCUT2D eigenvalue weighted by Gasteiger charge is -2.51. The number of nitrogens with zero attached hydrogens (tertiary/aromatic N) is 1. The summed E-state index contributed by atoms with van der Waals surface area (Å²) >= 11 is 3.23. The summed E-state index contributed by atoms with van der Waals surface area (Å²) < 4.78 is -0.0948. The van der Waals surface area contributed by atoms with Crippen LogP contribution in [0.15, 0.2) is 24.3 Å². The molecule has 0 spiro atoms. The summed E-state index contributed by atoms with van der Waals surface area (Å²) in [4.78, 5) is 50.9. The largest absolute Gasteiger partial charge is 0.480 e. The molecule has 2 saturated heterocycles. The van der Waals surface area contributed by atoms with Crippen LogP contribution in [0, 0.1) is 3.57 Å². The molecule has 2 fully saturated rings. The number of hydrogen-bond acceptors (Lipinski definition) is 5. The molecule has 0 aliphatic carbocycles. The second-order valence-corrected chi connectivity index (χ2v) is 9.72. The Bertz CT molecular complexity index is 842. The van der Waals surface area contributed by atoms with E-state index in [1.54, 1.807) is 38.1 Å². The van der Waals surface area contributed by atoms with Gasteiger partial charge in [0, 0.05) is 8.32 Å². The Balaban J connectivity index is 1.98. The van der Waals surface area contributed by atoms with E-state index in [-0.39, 0.29) is 0 Å². The molecule has 0 aromatic heterocycles. The highest BCUT2D eigenvalue weighted by molar-refractivity contribution is 14.1. The number of thioether (sulfide) groups is 1. The average molecular weight is 488 g/mol. The van der Waals surface area contributed by atoms with E-state index < -0.39 is 45.3 Å². The number of hydrogen-bond donors (Lipinski definition) is 2. The number of halogens is 1. The van der Waals surface area contributed by atoms with E-state index in [9.17, 15) is 24.3 Å². The summed E-state index contributed by atoms with van der Waals surface area (Å²) in [6, 6.07) is 5.78. The Morgan fingerprint density at radius 2 is 1.88 bits per heavy atom. The summed E-state index contributed by atoms with van der Waals surface area (Å²) in [6.45, 7) is 4.68. The highest BCUT2D eigenvalue weighted by Gasteiger charge is 2.74. The Kier molecular flexibility index (Phi) is 4.58. The van der Waals surface area contributed by atoms with Gasteiger partial charge in [-0.05, 0) is 55.5 Å². The standard InChI is InChI=1S/C17H17IN2O5S/c1-8(21)17(19-12(22)9-6-4-5-7-10(9)18)14(25)20-11(13(23)24)16(2,3)26-15(17)20/h4-7,11,15H,1-3H3,(H,19,22)(H,23,24)/t11-,15+,17?/m0/s1. The van der Waals surface area contributed by atoms with Crippen molar-refractivity contribution in [2.45, 2.75) is 42.5 Å². The van der Waals surface area contributed by atoms with Gasteiger partial charge in [-0.2, -0.15) is 0 Å². The Labute approximate surface area is 168 Å². The molecule has 3 rings (SSSR count). The fourth-order valence-corrected chi connectivity index (χ4v) is 5.86. The fraction of sp³-hybridized carbons (Fsp3) is 0.412. The zero-order chi connectivity index (χ0) is 19.4. The molecule has 138 valence electrons. The average Bonchev–Trinajstić information content (AvgIpc) is 2.81. The van der Waals surface area contributed by atoms with Crippen LogP contribution in [-0.4, -0.2) is 55.3 Å². The Morgan fingerprint density at radius 3 is 2.42 bits per heavy atom. The molecule has 0 bridgehead atoms. The quantitative estimate of drug-likeness (QED) is 0.378. The molecule has 2 amide bonds. The number of ketones is 1. The number of carboxylic acids is 1. The topological polar surface area (TPSA) is 104 Å². The summed E-state index contributed by atoms with van der Waals surface area (Å²) in [5.41, 5.74) is -1.38. The summed E-state index contributed by atoms with van der Waals surface area (Å²) in [7, 11) is 0. The second-order valence-electron chi connectivity index (χ2n) is 6.83. The minimum Gasteiger partial charge on any atom is -0.480 e. The molecule has 0 saturated carbocycles. The van der Waals surface area contributed by atoms with Crippen molar-refractivity contribution in [3.05, 3.63) is 33.4 Å². The number of rotatable bonds is 4. The van der Waals surface area contributed by atoms with Gasteiger partial charge in [-0.25, -0.2) is 4.79 Å². The molecule has 9 heteroatoms. The van der Waals surface area contributed by atoms with Crippen LogP contribution in [0.1, 0.15) is 31.1 Å². The number of carboxylic acid groups (broad SMARTS) is 1. The van der Waals surface area contributed by atoms with Gasteiger partial charge in [0.05, 0.1) is 5.56 Å². The zero-order valence-electron chi connectivity index (χ0n) is 14.3. The lowest BCUT2D eigenvalue weighted by atomic mass is 9.81. The van der Waals surface area contributed by atoms with E-state index >= 15 is 0 Å². The van der Waals surface area contributed by atoms with Crippen LogP contribution >= 0.6 is 34.4 Å². The Hall–Kier alpha value is -1.62. The van der Waals surface area contributed by atoms with Crippen molar-refractivity contribution in [1.29, 1.82) is 0 Å². The lowest BCUT2D eigenvalue weighted by Crippen LogP contribution is -2.82. The van der Waals surface area contributed by atoms with Gasteiger partial charge in [-0.1, -0.05) is 12.1 Å². The van der Waals surface area contributed by atoms with Crippen molar-refractivity contribution >= 4 is 57.9 Å².